The van der Waals surface area contributed by atoms with Crippen molar-refractivity contribution in [2.45, 2.75) is 38.6 Å². The molecule has 11 nitrogen and oxygen atoms in total. The summed E-state index contributed by atoms with van der Waals surface area (Å²) in [6.07, 6.45) is 4.62. The van der Waals surface area contributed by atoms with Crippen LogP contribution in [-0.4, -0.2) is 37.1 Å². The number of nitrogens with one attached hydrogen (secondary N) is 1. The third-order valence-corrected chi connectivity index (χ3v) is 4.41. The van der Waals surface area contributed by atoms with Crippen LogP contribution in [0, 0.1) is 20.2 Å². The fraction of sp³-hybridized carbons (Fsp3) is 0.438. The van der Waals surface area contributed by atoms with E-state index in [4.69, 9.17) is 0 Å². The summed E-state index contributed by atoms with van der Waals surface area (Å²) in [6, 6.07) is 2.86. The number of nitrogens with zero attached hydrogens (tertiary/aromatic N) is 5. The summed E-state index contributed by atoms with van der Waals surface area (Å²) in [6.45, 7) is 1.09. The minimum absolute atomic E-state index is 0.129. The summed E-state index contributed by atoms with van der Waals surface area (Å²) >= 11 is 0. The number of fused-ring (bicyclic) bond motifs is 1. The van der Waals surface area contributed by atoms with E-state index in [9.17, 15) is 25.0 Å². The van der Waals surface area contributed by atoms with Gasteiger partial charge in [-0.3, -0.25) is 25.0 Å². The molecule has 0 saturated heterocycles. The molecule has 1 aliphatic rings. The highest BCUT2D eigenvalue weighted by atomic mass is 16.6. The van der Waals surface area contributed by atoms with Crippen molar-refractivity contribution in [3.63, 3.8) is 0 Å². The normalized spacial score (nSPS) is 13.5. The largest absolute Gasteiger partial charge is 0.352 e. The van der Waals surface area contributed by atoms with Crippen molar-refractivity contribution >= 4 is 17.3 Å². The zero-order chi connectivity index (χ0) is 19.4. The van der Waals surface area contributed by atoms with Gasteiger partial charge in [-0.2, -0.15) is 0 Å². The fourth-order valence-corrected chi connectivity index (χ4v) is 3.06. The van der Waals surface area contributed by atoms with E-state index < -0.39 is 27.1 Å². The molecule has 0 aliphatic carbocycles. The summed E-state index contributed by atoms with van der Waals surface area (Å²) in [7, 11) is 0. The number of carbonyl (C=O) groups excluding carboxylic acids is 1. The second kappa shape index (κ2) is 7.89. The van der Waals surface area contributed by atoms with Crippen molar-refractivity contribution in [2.75, 3.05) is 6.54 Å². The standard InChI is InChI=1S/C16H18N6O5/c23-16(11-8-12(21(24)25)10-13(9-11)22(26)27)17-6-5-15-19-18-14-4-2-1-3-7-20(14)15/h8-10H,1-7H2,(H,17,23). The first-order chi connectivity index (χ1) is 13.0. The maximum atomic E-state index is 12.3. The molecular weight excluding hydrogens is 356 g/mol. The molecule has 0 radical (unpaired) electrons. The zero-order valence-corrected chi connectivity index (χ0v) is 14.5. The molecule has 11 heteroatoms. The van der Waals surface area contributed by atoms with E-state index in [0.717, 1.165) is 62.1 Å². The molecule has 0 bridgehead atoms. The number of aromatic nitrogens is 3. The maximum absolute atomic E-state index is 12.3. The first kappa shape index (κ1) is 18.4. The average molecular weight is 374 g/mol. The molecule has 0 fully saturated rings. The van der Waals surface area contributed by atoms with E-state index >= 15 is 0 Å². The summed E-state index contributed by atoms with van der Waals surface area (Å²) in [5.41, 5.74) is -1.13. The van der Waals surface area contributed by atoms with Gasteiger partial charge < -0.3 is 9.88 Å². The molecule has 0 atom stereocenters. The molecule has 142 valence electrons. The third kappa shape index (κ3) is 4.25. The summed E-state index contributed by atoms with van der Waals surface area (Å²) in [4.78, 5) is 32.6. The SMILES string of the molecule is O=C(NCCc1nnc2n1CCCCC2)c1cc([N+](=O)[O-])cc([N+](=O)[O-])c1. The molecule has 27 heavy (non-hydrogen) atoms. The van der Waals surface area contributed by atoms with Crippen molar-refractivity contribution in [3.05, 3.63) is 55.6 Å². The Hall–Kier alpha value is -3.37. The van der Waals surface area contributed by atoms with Crippen LogP contribution in [0.3, 0.4) is 0 Å². The minimum Gasteiger partial charge on any atom is -0.352 e. The smallest absolute Gasteiger partial charge is 0.277 e. The molecule has 1 aromatic heterocycles. The lowest BCUT2D eigenvalue weighted by molar-refractivity contribution is -0.394. The molecule has 0 unspecified atom stereocenters. The van der Waals surface area contributed by atoms with Gasteiger partial charge in [0.15, 0.2) is 0 Å². The van der Waals surface area contributed by atoms with E-state index in [2.05, 4.69) is 20.1 Å². The Labute approximate surface area is 153 Å². The Balaban J connectivity index is 1.67. The van der Waals surface area contributed by atoms with Gasteiger partial charge in [0, 0.05) is 38.1 Å². The first-order valence-electron chi connectivity index (χ1n) is 8.59. The van der Waals surface area contributed by atoms with Crippen LogP contribution >= 0.6 is 0 Å². The molecule has 1 aliphatic heterocycles. The van der Waals surface area contributed by atoms with E-state index in [1.165, 1.54) is 0 Å². The number of nitro groups is 2. The van der Waals surface area contributed by atoms with E-state index in [0.29, 0.717) is 6.42 Å². The van der Waals surface area contributed by atoms with Gasteiger partial charge in [-0.1, -0.05) is 6.42 Å². The van der Waals surface area contributed by atoms with E-state index in [1.807, 2.05) is 0 Å². The Bertz CT molecular complexity index is 861. The van der Waals surface area contributed by atoms with Crippen LogP contribution in [0.5, 0.6) is 0 Å². The van der Waals surface area contributed by atoms with Gasteiger partial charge in [0.25, 0.3) is 17.3 Å². The zero-order valence-electron chi connectivity index (χ0n) is 14.5. The Morgan fingerprint density at radius 2 is 1.78 bits per heavy atom. The molecule has 3 rings (SSSR count). The Kier molecular flexibility index (Phi) is 5.38. The van der Waals surface area contributed by atoms with Crippen molar-refractivity contribution in [1.82, 2.24) is 20.1 Å². The highest BCUT2D eigenvalue weighted by molar-refractivity contribution is 5.95. The summed E-state index contributed by atoms with van der Waals surface area (Å²) < 4.78 is 2.07. The second-order valence-corrected chi connectivity index (χ2v) is 6.25. The van der Waals surface area contributed by atoms with Crippen molar-refractivity contribution in [1.29, 1.82) is 0 Å². The molecule has 0 saturated carbocycles. The number of hydrogen-bond acceptors (Lipinski definition) is 7. The molecule has 1 amide bonds. The van der Waals surface area contributed by atoms with Gasteiger partial charge in [-0.05, 0) is 12.8 Å². The third-order valence-electron chi connectivity index (χ3n) is 4.41. The van der Waals surface area contributed by atoms with Crippen molar-refractivity contribution in [3.8, 4) is 0 Å². The monoisotopic (exact) mass is 374 g/mol. The number of carbonyl (C=O) groups is 1. The number of aryl methyl sites for hydroxylation is 1. The summed E-state index contributed by atoms with van der Waals surface area (Å²) in [5.74, 6) is 1.11. The molecule has 0 spiro atoms. The molecule has 2 aromatic rings. The number of benzene rings is 1. The van der Waals surface area contributed by atoms with Gasteiger partial charge in [-0.25, -0.2) is 0 Å². The van der Waals surface area contributed by atoms with Crippen LogP contribution in [-0.2, 0) is 19.4 Å². The quantitative estimate of drug-likeness (QED) is 0.599. The molecule has 2 heterocycles. The maximum Gasteiger partial charge on any atom is 0.277 e. The van der Waals surface area contributed by atoms with Gasteiger partial charge in [-0.15, -0.1) is 10.2 Å². The fourth-order valence-electron chi connectivity index (χ4n) is 3.06. The number of hydrogen-bond donors (Lipinski definition) is 1. The summed E-state index contributed by atoms with van der Waals surface area (Å²) in [5, 5.41) is 32.8. The number of non-ortho nitro benzene ring substituents is 2. The average Bonchev–Trinajstić information content (AvgIpc) is 2.87. The minimum atomic E-state index is -0.769. The lowest BCUT2D eigenvalue weighted by Gasteiger charge is -2.08. The van der Waals surface area contributed by atoms with E-state index in [-0.39, 0.29) is 12.1 Å². The predicted octanol–water partition coefficient (Wildman–Crippen LogP) is 1.79. The van der Waals surface area contributed by atoms with E-state index in [1.54, 1.807) is 0 Å². The predicted molar refractivity (Wildman–Crippen MR) is 93.4 cm³/mol. The highest BCUT2D eigenvalue weighted by Crippen LogP contribution is 2.22. The second-order valence-electron chi connectivity index (χ2n) is 6.25. The Morgan fingerprint density at radius 1 is 1.07 bits per heavy atom. The molecule has 1 N–H and O–H groups in total. The van der Waals surface area contributed by atoms with Crippen molar-refractivity contribution in [2.24, 2.45) is 0 Å². The van der Waals surface area contributed by atoms with Crippen LogP contribution in [0.15, 0.2) is 18.2 Å². The number of amides is 1. The lowest BCUT2D eigenvalue weighted by Crippen LogP contribution is -2.26. The van der Waals surface area contributed by atoms with Crippen LogP contribution in [0.2, 0.25) is 0 Å². The van der Waals surface area contributed by atoms with Gasteiger partial charge in [0.05, 0.1) is 21.5 Å². The highest BCUT2D eigenvalue weighted by Gasteiger charge is 2.20. The van der Waals surface area contributed by atoms with Gasteiger partial charge in [0.2, 0.25) is 0 Å². The molecular formula is C16H18N6O5. The van der Waals surface area contributed by atoms with Crippen LogP contribution in [0.4, 0.5) is 11.4 Å². The van der Waals surface area contributed by atoms with Crippen LogP contribution < -0.4 is 5.32 Å². The van der Waals surface area contributed by atoms with Gasteiger partial charge >= 0.3 is 0 Å². The lowest BCUT2D eigenvalue weighted by atomic mass is 10.1. The Morgan fingerprint density at radius 3 is 2.44 bits per heavy atom. The number of nitro benzene ring substituents is 2. The first-order valence-corrected chi connectivity index (χ1v) is 8.59. The number of rotatable bonds is 6. The van der Waals surface area contributed by atoms with Crippen molar-refractivity contribution < 1.29 is 14.6 Å². The topological polar surface area (TPSA) is 146 Å². The van der Waals surface area contributed by atoms with Crippen LogP contribution in [0.25, 0.3) is 0 Å². The van der Waals surface area contributed by atoms with Crippen LogP contribution in [0.1, 0.15) is 41.3 Å². The molecule has 1 aromatic carbocycles. The van der Waals surface area contributed by atoms with Gasteiger partial charge in [0.1, 0.15) is 11.6 Å².